The quantitative estimate of drug-likeness (QED) is 0.697. The van der Waals surface area contributed by atoms with Gasteiger partial charge in [-0.3, -0.25) is 9.59 Å². The first kappa shape index (κ1) is 22.6. The van der Waals surface area contributed by atoms with Crippen LogP contribution in [-0.4, -0.2) is 89.7 Å². The van der Waals surface area contributed by atoms with Gasteiger partial charge in [-0.2, -0.15) is 0 Å². The summed E-state index contributed by atoms with van der Waals surface area (Å²) in [6.45, 7) is 4.53. The Morgan fingerprint density at radius 1 is 1.18 bits per heavy atom. The van der Waals surface area contributed by atoms with Crippen molar-refractivity contribution in [2.24, 2.45) is 17.8 Å². The van der Waals surface area contributed by atoms with Crippen molar-refractivity contribution >= 4 is 17.6 Å². The molecule has 33 heavy (non-hydrogen) atoms. The van der Waals surface area contributed by atoms with Gasteiger partial charge in [0.15, 0.2) is 0 Å². The highest BCUT2D eigenvalue weighted by Gasteiger charge is 2.55. The maximum absolute atomic E-state index is 13.2. The van der Waals surface area contributed by atoms with E-state index in [1.54, 1.807) is 6.07 Å². The Kier molecular flexibility index (Phi) is 5.85. The summed E-state index contributed by atoms with van der Waals surface area (Å²) in [5.74, 6) is 2.19. The minimum atomic E-state index is -0.498. The fraction of sp³-hybridized carbons (Fsp3) is 0.720. The maximum Gasteiger partial charge on any atom is 0.270 e. The largest absolute Gasteiger partial charge is 0.390 e. The number of pyridine rings is 1. The Balaban J connectivity index is 1.23. The second-order valence-corrected chi connectivity index (χ2v) is 11.2. The first-order valence-corrected chi connectivity index (χ1v) is 12.4. The zero-order chi connectivity index (χ0) is 23.3. The molecule has 2 N–H and O–H groups in total. The highest BCUT2D eigenvalue weighted by molar-refractivity contribution is 5.93. The summed E-state index contributed by atoms with van der Waals surface area (Å²) in [4.78, 5) is 36.3. The van der Waals surface area contributed by atoms with E-state index >= 15 is 0 Å². The van der Waals surface area contributed by atoms with E-state index in [9.17, 15) is 14.7 Å². The molecule has 0 radical (unpaired) electrons. The molecule has 1 aromatic rings. The Labute approximate surface area is 196 Å². The lowest BCUT2D eigenvalue weighted by molar-refractivity contribution is -0.137. The van der Waals surface area contributed by atoms with E-state index in [0.717, 1.165) is 37.9 Å². The molecule has 8 heteroatoms. The number of likely N-dealkylation sites (N-methyl/N-ethyl adjacent to an activating group) is 1. The van der Waals surface area contributed by atoms with Gasteiger partial charge in [0.1, 0.15) is 11.5 Å². The van der Waals surface area contributed by atoms with Gasteiger partial charge in [0.05, 0.1) is 12.1 Å². The van der Waals surface area contributed by atoms with Gasteiger partial charge in [-0.25, -0.2) is 4.98 Å². The normalized spacial score (nSPS) is 35.2. The van der Waals surface area contributed by atoms with Crippen LogP contribution < -0.4 is 10.2 Å². The molecule has 5 aliphatic rings. The van der Waals surface area contributed by atoms with Crippen molar-refractivity contribution in [2.45, 2.75) is 56.7 Å². The molecule has 1 saturated heterocycles. The minimum Gasteiger partial charge on any atom is -0.390 e. The number of amides is 2. The van der Waals surface area contributed by atoms with E-state index in [-0.39, 0.29) is 23.9 Å². The van der Waals surface area contributed by atoms with E-state index in [4.69, 9.17) is 4.98 Å². The summed E-state index contributed by atoms with van der Waals surface area (Å²) < 4.78 is 0. The zero-order valence-corrected chi connectivity index (χ0v) is 20.0. The topological polar surface area (TPSA) is 89.0 Å². The van der Waals surface area contributed by atoms with E-state index in [1.807, 2.05) is 36.0 Å². The van der Waals surface area contributed by atoms with Crippen LogP contribution in [0.15, 0.2) is 18.2 Å². The molecule has 0 spiro atoms. The molecular weight excluding hydrogens is 418 g/mol. The van der Waals surface area contributed by atoms with Crippen molar-refractivity contribution in [1.29, 1.82) is 0 Å². The molecule has 4 bridgehead atoms. The number of aliphatic hydroxyl groups is 1. The van der Waals surface area contributed by atoms with Gasteiger partial charge in [-0.05, 0) is 83.0 Å². The number of hydrogen-bond donors (Lipinski definition) is 2. The number of aromatic nitrogens is 1. The van der Waals surface area contributed by atoms with Crippen LogP contribution in [0, 0.1) is 17.8 Å². The van der Waals surface area contributed by atoms with Crippen LogP contribution in [0.2, 0.25) is 0 Å². The third kappa shape index (κ3) is 4.47. The predicted octanol–water partition coefficient (Wildman–Crippen LogP) is 1.35. The van der Waals surface area contributed by atoms with Crippen molar-refractivity contribution in [3.8, 4) is 0 Å². The number of anilines is 1. The number of carbonyl (C=O) groups excluding carboxylic acids is 2. The molecule has 5 fully saturated rings. The van der Waals surface area contributed by atoms with Crippen molar-refractivity contribution < 1.29 is 14.7 Å². The zero-order valence-electron chi connectivity index (χ0n) is 20.0. The van der Waals surface area contributed by atoms with E-state index in [1.165, 1.54) is 0 Å². The maximum atomic E-state index is 13.2. The van der Waals surface area contributed by atoms with Gasteiger partial charge in [0.25, 0.3) is 5.91 Å². The molecule has 2 heterocycles. The summed E-state index contributed by atoms with van der Waals surface area (Å²) in [6.07, 6.45) is 4.80. The number of nitrogens with one attached hydrogen (secondary N) is 1. The monoisotopic (exact) mass is 455 g/mol. The van der Waals surface area contributed by atoms with Gasteiger partial charge >= 0.3 is 0 Å². The Bertz CT molecular complexity index is 905. The average molecular weight is 456 g/mol. The van der Waals surface area contributed by atoms with Crippen LogP contribution in [0.1, 0.15) is 49.5 Å². The van der Waals surface area contributed by atoms with E-state index in [0.29, 0.717) is 49.6 Å². The van der Waals surface area contributed by atoms with Crippen molar-refractivity contribution in [3.05, 3.63) is 23.9 Å². The number of nitrogens with zero attached hydrogens (tertiary/aromatic N) is 4. The second kappa shape index (κ2) is 8.55. The average Bonchev–Trinajstić information content (AvgIpc) is 2.74. The molecule has 0 aromatic carbocycles. The third-order valence-electron chi connectivity index (χ3n) is 8.23. The highest BCUT2D eigenvalue weighted by Crippen LogP contribution is 2.55. The fourth-order valence-corrected chi connectivity index (χ4v) is 7.05. The van der Waals surface area contributed by atoms with Crippen molar-refractivity contribution in [3.63, 3.8) is 0 Å². The molecule has 1 aliphatic heterocycles. The molecule has 1 aromatic heterocycles. The van der Waals surface area contributed by atoms with E-state index in [2.05, 4.69) is 17.1 Å². The first-order chi connectivity index (χ1) is 15.7. The molecule has 2 amide bonds. The lowest BCUT2D eigenvalue weighted by Crippen LogP contribution is -2.61. The van der Waals surface area contributed by atoms with Gasteiger partial charge in [0.2, 0.25) is 5.91 Å². The van der Waals surface area contributed by atoms with Crippen LogP contribution in [0.3, 0.4) is 0 Å². The van der Waals surface area contributed by atoms with Crippen LogP contribution in [0.4, 0.5) is 5.82 Å². The molecule has 4 saturated carbocycles. The lowest BCUT2D eigenvalue weighted by Gasteiger charge is -2.58. The smallest absolute Gasteiger partial charge is 0.270 e. The summed E-state index contributed by atoms with van der Waals surface area (Å²) in [5.41, 5.74) is -0.0550. The van der Waals surface area contributed by atoms with Crippen LogP contribution >= 0.6 is 0 Å². The number of piperazine rings is 1. The van der Waals surface area contributed by atoms with Crippen LogP contribution in [-0.2, 0) is 4.79 Å². The number of carbonyl (C=O) groups is 2. The Hall–Kier alpha value is -2.19. The summed E-state index contributed by atoms with van der Waals surface area (Å²) >= 11 is 0. The van der Waals surface area contributed by atoms with Crippen LogP contribution in [0.25, 0.3) is 0 Å². The summed E-state index contributed by atoms with van der Waals surface area (Å²) in [5, 5.41) is 14.1. The first-order valence-electron chi connectivity index (χ1n) is 12.4. The van der Waals surface area contributed by atoms with Crippen molar-refractivity contribution in [1.82, 2.24) is 20.1 Å². The van der Waals surface area contributed by atoms with Gasteiger partial charge < -0.3 is 25.1 Å². The Morgan fingerprint density at radius 2 is 1.91 bits per heavy atom. The SMILES string of the molecule is C[C@@H]1CN(C(=O)CN(C)C)CCN1c1cccc(C(=O)N[C@H]2C3CC4CC2C[C@](O)(C4)C3)n1. The molecule has 3 atom stereocenters. The van der Waals surface area contributed by atoms with E-state index < -0.39 is 5.60 Å². The number of hydrogen-bond acceptors (Lipinski definition) is 6. The third-order valence-corrected chi connectivity index (χ3v) is 8.23. The summed E-state index contributed by atoms with van der Waals surface area (Å²) in [6, 6.07) is 5.89. The minimum absolute atomic E-state index is 0.117. The number of rotatable bonds is 5. The molecule has 8 nitrogen and oxygen atoms in total. The molecule has 2 unspecified atom stereocenters. The van der Waals surface area contributed by atoms with Gasteiger partial charge in [0, 0.05) is 31.7 Å². The lowest BCUT2D eigenvalue weighted by atomic mass is 9.52. The molecule has 4 aliphatic carbocycles. The van der Waals surface area contributed by atoms with Gasteiger partial charge in [-0.15, -0.1) is 0 Å². The predicted molar refractivity (Wildman–Crippen MR) is 126 cm³/mol. The molecule has 180 valence electrons. The second-order valence-electron chi connectivity index (χ2n) is 11.2. The van der Waals surface area contributed by atoms with Crippen LogP contribution in [0.5, 0.6) is 0 Å². The van der Waals surface area contributed by atoms with Gasteiger partial charge in [-0.1, -0.05) is 6.07 Å². The van der Waals surface area contributed by atoms with Crippen molar-refractivity contribution in [2.75, 3.05) is 45.2 Å². The standard InChI is InChI=1S/C25H37N5O3/c1-16-14-29(22(31)15-28(2)3)7-8-30(16)21-6-4-5-20(26-21)24(32)27-23-18-9-17-10-19(23)13-25(33,11-17)12-18/h4-6,16-19,23,33H,7-15H2,1-3H3,(H,27,32)/t16-,17?,18?,19?,23-,25-/m1/s1. The molecular formula is C25H37N5O3. The fourth-order valence-electron chi connectivity index (χ4n) is 7.05. The summed E-state index contributed by atoms with van der Waals surface area (Å²) in [7, 11) is 3.81. The highest BCUT2D eigenvalue weighted by atomic mass is 16.3. The molecule has 6 rings (SSSR count). The Morgan fingerprint density at radius 3 is 2.55 bits per heavy atom.